The fourth-order valence-corrected chi connectivity index (χ4v) is 1.70. The van der Waals surface area contributed by atoms with E-state index in [4.69, 9.17) is 0 Å². The summed E-state index contributed by atoms with van der Waals surface area (Å²) in [6.45, 7) is 0. The molecule has 0 fully saturated rings. The molecule has 0 atom stereocenters. The molecule has 0 saturated heterocycles. The third-order valence-electron chi connectivity index (χ3n) is 2.39. The molecule has 5 heteroatoms. The second-order valence-electron chi connectivity index (χ2n) is 3.23. The van der Waals surface area contributed by atoms with E-state index in [0.29, 0.717) is 21.3 Å². The van der Waals surface area contributed by atoms with Crippen molar-refractivity contribution in [3.8, 4) is 0 Å². The molecule has 1 N–H and O–H groups in total. The van der Waals surface area contributed by atoms with E-state index in [0.717, 1.165) is 0 Å². The van der Waals surface area contributed by atoms with E-state index in [1.54, 1.807) is 24.3 Å². The molecule has 5 nitrogen and oxygen atoms in total. The summed E-state index contributed by atoms with van der Waals surface area (Å²) in [4.78, 5) is 11.7. The van der Waals surface area contributed by atoms with Crippen molar-refractivity contribution in [1.82, 2.24) is 14.3 Å². The fraction of sp³-hybridized carbons (Fsp3) is 0. The normalized spacial score (nSPS) is 11.2. The van der Waals surface area contributed by atoms with Gasteiger partial charge in [-0.25, -0.2) is 4.52 Å². The lowest BCUT2D eigenvalue weighted by Crippen LogP contribution is -2.20. The highest BCUT2D eigenvalue weighted by atomic mass is 16.5. The van der Waals surface area contributed by atoms with Gasteiger partial charge < -0.3 is 5.21 Å². The average Bonchev–Trinajstić information content (AvgIpc) is 2.75. The Balaban J connectivity index is 2.77. The monoisotopic (exact) mass is 201 g/mol. The lowest BCUT2D eigenvalue weighted by Gasteiger charge is -2.04. The molecule has 0 spiro atoms. The molecule has 74 valence electrons. The number of nitrogens with zero attached hydrogens (tertiary/aromatic N) is 3. The van der Waals surface area contributed by atoms with Gasteiger partial charge in [0.15, 0.2) is 0 Å². The average molecular weight is 201 g/mol. The van der Waals surface area contributed by atoms with Gasteiger partial charge in [0.1, 0.15) is 11.0 Å². The molecule has 15 heavy (non-hydrogen) atoms. The predicted octanol–water partition coefficient (Wildman–Crippen LogP) is 0.886. The number of hydrogen-bond donors (Lipinski definition) is 1. The van der Waals surface area contributed by atoms with Crippen molar-refractivity contribution in [1.29, 1.82) is 0 Å². The smallest absolute Gasteiger partial charge is 0.309 e. The third-order valence-corrected chi connectivity index (χ3v) is 2.39. The zero-order valence-electron chi connectivity index (χ0n) is 7.66. The topological polar surface area (TPSA) is 59.5 Å². The van der Waals surface area contributed by atoms with Crippen LogP contribution >= 0.6 is 0 Å². The molecule has 3 rings (SSSR count). The van der Waals surface area contributed by atoms with Crippen molar-refractivity contribution in [3.05, 3.63) is 46.9 Å². The second-order valence-corrected chi connectivity index (χ2v) is 3.23. The van der Waals surface area contributed by atoms with Gasteiger partial charge in [0, 0.05) is 0 Å². The van der Waals surface area contributed by atoms with Crippen LogP contribution < -0.4 is 5.56 Å². The van der Waals surface area contributed by atoms with Crippen LogP contribution in [0.5, 0.6) is 0 Å². The quantitative estimate of drug-likeness (QED) is 0.549. The predicted molar refractivity (Wildman–Crippen MR) is 54.1 cm³/mol. The van der Waals surface area contributed by atoms with Crippen LogP contribution in [0.3, 0.4) is 0 Å². The van der Waals surface area contributed by atoms with Gasteiger partial charge >= 0.3 is 5.56 Å². The molecule has 3 aromatic rings. The highest BCUT2D eigenvalue weighted by molar-refractivity contribution is 5.77. The Morgan fingerprint density at radius 3 is 2.60 bits per heavy atom. The van der Waals surface area contributed by atoms with Gasteiger partial charge in [-0.15, -0.1) is 4.73 Å². The van der Waals surface area contributed by atoms with Gasteiger partial charge in [-0.05, 0) is 18.2 Å². The van der Waals surface area contributed by atoms with Crippen LogP contribution in [0.2, 0.25) is 0 Å². The summed E-state index contributed by atoms with van der Waals surface area (Å²) in [5.41, 5.74) is 1.03. The number of hydrogen-bond acceptors (Lipinski definition) is 3. The molecule has 0 aliphatic rings. The molecule has 1 aromatic carbocycles. The van der Waals surface area contributed by atoms with E-state index in [1.807, 2.05) is 6.07 Å². The van der Waals surface area contributed by atoms with Gasteiger partial charge in [-0.1, -0.05) is 12.1 Å². The minimum absolute atomic E-state index is 0.358. The maximum absolute atomic E-state index is 11.7. The van der Waals surface area contributed by atoms with Gasteiger partial charge in [-0.2, -0.15) is 5.10 Å². The van der Waals surface area contributed by atoms with Gasteiger partial charge in [0.2, 0.25) is 0 Å². The second kappa shape index (κ2) is 2.60. The Labute approximate surface area is 83.8 Å². The van der Waals surface area contributed by atoms with E-state index < -0.39 is 5.56 Å². The summed E-state index contributed by atoms with van der Waals surface area (Å²) < 4.78 is 2.16. The van der Waals surface area contributed by atoms with Gasteiger partial charge in [0.25, 0.3) is 0 Å². The summed E-state index contributed by atoms with van der Waals surface area (Å²) >= 11 is 0. The number of benzene rings is 1. The third kappa shape index (κ3) is 0.914. The molecule has 2 aromatic heterocycles. The summed E-state index contributed by atoms with van der Waals surface area (Å²) in [5.74, 6) is 0. The molecular weight excluding hydrogens is 194 g/mol. The van der Waals surface area contributed by atoms with E-state index in [9.17, 15) is 10.0 Å². The lowest BCUT2D eigenvalue weighted by molar-refractivity contribution is 0.189. The number of rotatable bonds is 0. The summed E-state index contributed by atoms with van der Waals surface area (Å²) in [7, 11) is 0. The summed E-state index contributed by atoms with van der Waals surface area (Å²) in [5, 5.41) is 13.7. The standard InChI is InChI=1S/C10H7N3O2/c14-10-9-5-6-11-12(9)7-3-1-2-4-8(7)13(10)15/h1-6,15H. The van der Waals surface area contributed by atoms with Crippen molar-refractivity contribution >= 4 is 16.6 Å². The van der Waals surface area contributed by atoms with Crippen molar-refractivity contribution in [3.63, 3.8) is 0 Å². The van der Waals surface area contributed by atoms with Crippen LogP contribution in [0.1, 0.15) is 0 Å². The van der Waals surface area contributed by atoms with Crippen LogP contribution in [0.4, 0.5) is 0 Å². The Morgan fingerprint density at radius 1 is 1.07 bits per heavy atom. The molecule has 0 amide bonds. The molecule has 0 unspecified atom stereocenters. The Bertz CT molecular complexity index is 711. The number of aromatic nitrogens is 3. The van der Waals surface area contributed by atoms with Crippen molar-refractivity contribution < 1.29 is 5.21 Å². The molecule has 0 aliphatic carbocycles. The first-order chi connectivity index (χ1) is 7.29. The Hall–Kier alpha value is -2.30. The van der Waals surface area contributed by atoms with Crippen molar-refractivity contribution in [2.24, 2.45) is 0 Å². The molecule has 0 radical (unpaired) electrons. The van der Waals surface area contributed by atoms with Gasteiger partial charge in [0.05, 0.1) is 11.7 Å². The van der Waals surface area contributed by atoms with Crippen LogP contribution in [0.15, 0.2) is 41.3 Å². The highest BCUT2D eigenvalue weighted by Gasteiger charge is 2.09. The summed E-state index contributed by atoms with van der Waals surface area (Å²) in [6, 6.07) is 8.61. The SMILES string of the molecule is O=c1c2ccnn2c2ccccc2n1O. The van der Waals surface area contributed by atoms with Crippen molar-refractivity contribution in [2.45, 2.75) is 0 Å². The van der Waals surface area contributed by atoms with Crippen LogP contribution in [0.25, 0.3) is 16.6 Å². The highest BCUT2D eigenvalue weighted by Crippen LogP contribution is 2.11. The largest absolute Gasteiger partial charge is 0.425 e. The fourth-order valence-electron chi connectivity index (χ4n) is 1.70. The minimum Gasteiger partial charge on any atom is -0.425 e. The Morgan fingerprint density at radius 2 is 1.80 bits per heavy atom. The maximum Gasteiger partial charge on any atom is 0.309 e. The van der Waals surface area contributed by atoms with Gasteiger partial charge in [-0.3, -0.25) is 4.79 Å². The van der Waals surface area contributed by atoms with Crippen LogP contribution in [-0.4, -0.2) is 19.6 Å². The Kier molecular flexibility index (Phi) is 1.39. The maximum atomic E-state index is 11.7. The molecule has 0 bridgehead atoms. The van der Waals surface area contributed by atoms with Crippen LogP contribution in [0, 0.1) is 0 Å². The molecular formula is C10H7N3O2. The minimum atomic E-state index is -0.466. The first kappa shape index (κ1) is 8.05. The summed E-state index contributed by atoms with van der Waals surface area (Å²) in [6.07, 6.45) is 1.53. The van der Waals surface area contributed by atoms with Crippen LogP contribution in [-0.2, 0) is 0 Å². The number of fused-ring (bicyclic) bond motifs is 3. The zero-order valence-corrected chi connectivity index (χ0v) is 7.66. The van der Waals surface area contributed by atoms with E-state index in [2.05, 4.69) is 5.10 Å². The number of para-hydroxylation sites is 2. The zero-order chi connectivity index (χ0) is 10.4. The van der Waals surface area contributed by atoms with Crippen molar-refractivity contribution in [2.75, 3.05) is 0 Å². The van der Waals surface area contributed by atoms with E-state index >= 15 is 0 Å². The molecule has 2 heterocycles. The lowest BCUT2D eigenvalue weighted by atomic mass is 10.3. The first-order valence-corrected chi connectivity index (χ1v) is 4.46. The molecule has 0 aliphatic heterocycles. The van der Waals surface area contributed by atoms with E-state index in [-0.39, 0.29) is 0 Å². The van der Waals surface area contributed by atoms with E-state index in [1.165, 1.54) is 10.7 Å². The first-order valence-electron chi connectivity index (χ1n) is 4.46. The molecule has 0 saturated carbocycles.